The van der Waals surface area contributed by atoms with Gasteiger partial charge in [-0.15, -0.1) is 0 Å². The predicted octanol–water partition coefficient (Wildman–Crippen LogP) is 2.33. The van der Waals surface area contributed by atoms with E-state index in [0.29, 0.717) is 0 Å². The van der Waals surface area contributed by atoms with Crippen molar-refractivity contribution in [2.24, 2.45) is 11.8 Å². The number of likely N-dealkylation sites (tertiary alicyclic amines) is 1. The summed E-state index contributed by atoms with van der Waals surface area (Å²) in [4.78, 5) is 26.8. The number of carbonyl (C=O) groups is 2. The molecule has 1 N–H and O–H groups in total. The largest absolute Gasteiger partial charge is 0.344 e. The SMILES string of the molecule is CC(C)[C@H](NC(=O)C1CCCCC1)C(=O)N1CCCC1. The Morgan fingerprint density at radius 1 is 1.00 bits per heavy atom. The molecule has 0 aromatic rings. The number of carbonyl (C=O) groups excluding carboxylic acids is 2. The molecule has 20 heavy (non-hydrogen) atoms. The van der Waals surface area contributed by atoms with Crippen LogP contribution in [0, 0.1) is 11.8 Å². The fraction of sp³-hybridized carbons (Fsp3) is 0.875. The van der Waals surface area contributed by atoms with E-state index in [4.69, 9.17) is 0 Å². The number of amides is 2. The summed E-state index contributed by atoms with van der Waals surface area (Å²) in [5, 5.41) is 3.03. The van der Waals surface area contributed by atoms with Gasteiger partial charge in [-0.1, -0.05) is 33.1 Å². The lowest BCUT2D eigenvalue weighted by molar-refractivity contribution is -0.138. The van der Waals surface area contributed by atoms with Crippen LogP contribution in [0.4, 0.5) is 0 Å². The summed E-state index contributed by atoms with van der Waals surface area (Å²) in [6.45, 7) is 5.72. The number of nitrogens with zero attached hydrogens (tertiary/aromatic N) is 1. The predicted molar refractivity (Wildman–Crippen MR) is 79.2 cm³/mol. The van der Waals surface area contributed by atoms with Crippen molar-refractivity contribution in [3.63, 3.8) is 0 Å². The third kappa shape index (κ3) is 3.74. The van der Waals surface area contributed by atoms with Crippen LogP contribution >= 0.6 is 0 Å². The van der Waals surface area contributed by atoms with Gasteiger partial charge < -0.3 is 10.2 Å². The molecule has 1 aliphatic heterocycles. The first kappa shape index (κ1) is 15.3. The van der Waals surface area contributed by atoms with Crippen LogP contribution in [0.3, 0.4) is 0 Å². The van der Waals surface area contributed by atoms with Gasteiger partial charge in [0, 0.05) is 19.0 Å². The van der Waals surface area contributed by atoms with Crippen LogP contribution in [0.5, 0.6) is 0 Å². The molecule has 0 aromatic heterocycles. The molecule has 0 unspecified atom stereocenters. The molecule has 1 atom stereocenters. The third-order valence-electron chi connectivity index (χ3n) is 4.62. The molecule has 0 aromatic carbocycles. The monoisotopic (exact) mass is 280 g/mol. The van der Waals surface area contributed by atoms with E-state index >= 15 is 0 Å². The van der Waals surface area contributed by atoms with Crippen molar-refractivity contribution in [2.45, 2.75) is 64.8 Å². The number of hydrogen-bond donors (Lipinski definition) is 1. The van der Waals surface area contributed by atoms with Crippen LogP contribution in [0.25, 0.3) is 0 Å². The molecule has 2 aliphatic rings. The van der Waals surface area contributed by atoms with Crippen LogP contribution in [-0.4, -0.2) is 35.8 Å². The summed E-state index contributed by atoms with van der Waals surface area (Å²) in [6, 6.07) is -0.345. The summed E-state index contributed by atoms with van der Waals surface area (Å²) in [6.07, 6.45) is 7.67. The molecular weight excluding hydrogens is 252 g/mol. The van der Waals surface area contributed by atoms with E-state index in [2.05, 4.69) is 5.32 Å². The smallest absolute Gasteiger partial charge is 0.245 e. The molecule has 2 fully saturated rings. The fourth-order valence-corrected chi connectivity index (χ4v) is 3.28. The van der Waals surface area contributed by atoms with Gasteiger partial charge in [-0.25, -0.2) is 0 Å². The maximum atomic E-state index is 12.5. The Kier molecular flexibility index (Phi) is 5.44. The first-order valence-electron chi connectivity index (χ1n) is 8.18. The summed E-state index contributed by atoms with van der Waals surface area (Å²) >= 11 is 0. The van der Waals surface area contributed by atoms with Crippen LogP contribution in [0.1, 0.15) is 58.8 Å². The van der Waals surface area contributed by atoms with Gasteiger partial charge in [-0.2, -0.15) is 0 Å². The molecule has 0 spiro atoms. The van der Waals surface area contributed by atoms with E-state index in [1.807, 2.05) is 18.7 Å². The molecule has 114 valence electrons. The minimum absolute atomic E-state index is 0.0935. The topological polar surface area (TPSA) is 49.4 Å². The molecule has 4 nitrogen and oxygen atoms in total. The third-order valence-corrected chi connectivity index (χ3v) is 4.62. The van der Waals surface area contributed by atoms with Crippen molar-refractivity contribution < 1.29 is 9.59 Å². The van der Waals surface area contributed by atoms with Crippen molar-refractivity contribution >= 4 is 11.8 Å². The molecular formula is C16H28N2O2. The van der Waals surface area contributed by atoms with Crippen LogP contribution < -0.4 is 5.32 Å². The number of nitrogens with one attached hydrogen (secondary N) is 1. The summed E-state index contributed by atoms with van der Waals surface area (Å²) < 4.78 is 0. The Morgan fingerprint density at radius 3 is 2.15 bits per heavy atom. The molecule has 0 bridgehead atoms. The quantitative estimate of drug-likeness (QED) is 0.859. The number of rotatable bonds is 4. The molecule has 1 saturated carbocycles. The maximum Gasteiger partial charge on any atom is 0.245 e. The average molecular weight is 280 g/mol. The Bertz CT molecular complexity index is 342. The Morgan fingerprint density at radius 2 is 1.60 bits per heavy atom. The highest BCUT2D eigenvalue weighted by atomic mass is 16.2. The Balaban J connectivity index is 1.94. The first-order valence-corrected chi connectivity index (χ1v) is 8.18. The fourth-order valence-electron chi connectivity index (χ4n) is 3.28. The van der Waals surface area contributed by atoms with Crippen molar-refractivity contribution in [2.75, 3.05) is 13.1 Å². The van der Waals surface area contributed by atoms with Crippen LogP contribution in [0.15, 0.2) is 0 Å². The Hall–Kier alpha value is -1.06. The van der Waals surface area contributed by atoms with Crippen LogP contribution in [-0.2, 0) is 9.59 Å². The van der Waals surface area contributed by atoms with Crippen molar-refractivity contribution in [3.8, 4) is 0 Å². The first-order chi connectivity index (χ1) is 9.59. The van der Waals surface area contributed by atoms with E-state index in [0.717, 1.165) is 51.6 Å². The van der Waals surface area contributed by atoms with E-state index in [-0.39, 0.29) is 29.7 Å². The summed E-state index contributed by atoms with van der Waals surface area (Å²) in [5.74, 6) is 0.477. The molecule has 4 heteroatoms. The van der Waals surface area contributed by atoms with Gasteiger partial charge in [0.15, 0.2) is 0 Å². The lowest BCUT2D eigenvalue weighted by Gasteiger charge is -2.29. The van der Waals surface area contributed by atoms with Crippen molar-refractivity contribution in [3.05, 3.63) is 0 Å². The lowest BCUT2D eigenvalue weighted by atomic mass is 9.88. The van der Waals surface area contributed by atoms with Gasteiger partial charge in [0.2, 0.25) is 11.8 Å². The van der Waals surface area contributed by atoms with Crippen molar-refractivity contribution in [1.29, 1.82) is 0 Å². The number of hydrogen-bond acceptors (Lipinski definition) is 2. The van der Waals surface area contributed by atoms with Crippen LogP contribution in [0.2, 0.25) is 0 Å². The van der Waals surface area contributed by atoms with Gasteiger partial charge in [0.25, 0.3) is 0 Å². The van der Waals surface area contributed by atoms with Gasteiger partial charge in [-0.3, -0.25) is 9.59 Å². The zero-order valence-corrected chi connectivity index (χ0v) is 12.9. The molecule has 2 rings (SSSR count). The highest BCUT2D eigenvalue weighted by Crippen LogP contribution is 2.24. The summed E-state index contributed by atoms with van der Waals surface area (Å²) in [5.41, 5.74) is 0. The summed E-state index contributed by atoms with van der Waals surface area (Å²) in [7, 11) is 0. The van der Waals surface area contributed by atoms with E-state index in [1.54, 1.807) is 0 Å². The molecule has 1 heterocycles. The second kappa shape index (κ2) is 7.09. The minimum Gasteiger partial charge on any atom is -0.344 e. The molecule has 0 radical (unpaired) electrons. The standard InChI is InChI=1S/C16H28N2O2/c1-12(2)14(16(20)18-10-6-7-11-18)17-15(19)13-8-4-3-5-9-13/h12-14H,3-11H2,1-2H3,(H,17,19)/t14-/m0/s1. The molecule has 1 saturated heterocycles. The van der Waals surface area contributed by atoms with Gasteiger partial charge in [0.05, 0.1) is 0 Å². The van der Waals surface area contributed by atoms with E-state index < -0.39 is 0 Å². The second-order valence-corrected chi connectivity index (χ2v) is 6.60. The normalized spacial score (nSPS) is 22.1. The average Bonchev–Trinajstić information content (AvgIpc) is 2.98. The molecule has 1 aliphatic carbocycles. The minimum atomic E-state index is -0.345. The zero-order chi connectivity index (χ0) is 14.5. The highest BCUT2D eigenvalue weighted by Gasteiger charge is 2.32. The second-order valence-electron chi connectivity index (χ2n) is 6.60. The molecule has 2 amide bonds. The maximum absolute atomic E-state index is 12.5. The highest BCUT2D eigenvalue weighted by molar-refractivity contribution is 5.88. The lowest BCUT2D eigenvalue weighted by Crippen LogP contribution is -2.52. The zero-order valence-electron chi connectivity index (χ0n) is 12.9. The van der Waals surface area contributed by atoms with Gasteiger partial charge >= 0.3 is 0 Å². The van der Waals surface area contributed by atoms with E-state index in [1.165, 1.54) is 6.42 Å². The van der Waals surface area contributed by atoms with Gasteiger partial charge in [0.1, 0.15) is 6.04 Å². The Labute approximate surface area is 122 Å². The van der Waals surface area contributed by atoms with Crippen molar-refractivity contribution in [1.82, 2.24) is 10.2 Å². The van der Waals surface area contributed by atoms with Gasteiger partial charge in [-0.05, 0) is 31.6 Å². The van der Waals surface area contributed by atoms with E-state index in [9.17, 15) is 9.59 Å².